The second-order valence-corrected chi connectivity index (χ2v) is 5.49. The summed E-state index contributed by atoms with van der Waals surface area (Å²) in [6.07, 6.45) is 1.91. The second kappa shape index (κ2) is 5.73. The van der Waals surface area contributed by atoms with E-state index in [1.807, 2.05) is 65.7 Å². The molecule has 0 unspecified atom stereocenters. The highest BCUT2D eigenvalue weighted by Crippen LogP contribution is 2.15. The molecule has 1 aromatic heterocycles. The van der Waals surface area contributed by atoms with Crippen molar-refractivity contribution in [1.29, 1.82) is 0 Å². The third-order valence-electron chi connectivity index (χ3n) is 3.96. The number of nitrogens with zero attached hydrogens (tertiary/aromatic N) is 3. The lowest BCUT2D eigenvalue weighted by atomic mass is 10.2. The molecule has 0 amide bonds. The number of ether oxygens (including phenoxy) is 1. The van der Waals surface area contributed by atoms with Crippen LogP contribution in [0.2, 0.25) is 0 Å². The number of methoxy groups -OCH3 is 1. The monoisotopic (exact) mass is 320 g/mol. The van der Waals surface area contributed by atoms with Crippen LogP contribution < -0.4 is 26.3 Å². The molecule has 2 aromatic carbocycles. The van der Waals surface area contributed by atoms with Crippen molar-refractivity contribution in [3.05, 3.63) is 81.5 Å². The molecule has 0 saturated carbocycles. The van der Waals surface area contributed by atoms with Crippen LogP contribution >= 0.6 is 0 Å². The maximum atomic E-state index is 12.2. The molecule has 0 atom stereocenters. The molecular formula is C18H16N4O2. The topological polar surface area (TPSA) is 62.6 Å². The Kier molecular flexibility index (Phi) is 3.42. The summed E-state index contributed by atoms with van der Waals surface area (Å²) in [5, 5.41) is 7.09. The molecule has 6 heteroatoms. The largest absolute Gasteiger partial charge is 0.497 e. The summed E-state index contributed by atoms with van der Waals surface area (Å²) in [5.41, 5.74) is 2.40. The lowest BCUT2D eigenvalue weighted by molar-refractivity contribution is 0.415. The zero-order valence-corrected chi connectivity index (χ0v) is 13.1. The highest BCUT2D eigenvalue weighted by molar-refractivity contribution is 5.50. The van der Waals surface area contributed by atoms with Crippen molar-refractivity contribution in [1.82, 2.24) is 9.55 Å². The summed E-state index contributed by atoms with van der Waals surface area (Å²) in [7, 11) is 1.63. The Bertz CT molecular complexity index is 1030. The van der Waals surface area contributed by atoms with Crippen molar-refractivity contribution in [2.75, 3.05) is 12.1 Å². The summed E-state index contributed by atoms with van der Waals surface area (Å²) >= 11 is 0. The number of anilines is 1. The van der Waals surface area contributed by atoms with Gasteiger partial charge in [-0.1, -0.05) is 30.3 Å². The van der Waals surface area contributed by atoms with Crippen LogP contribution in [0.15, 0.2) is 64.5 Å². The fourth-order valence-corrected chi connectivity index (χ4v) is 2.71. The van der Waals surface area contributed by atoms with Crippen LogP contribution in [0.25, 0.3) is 6.08 Å². The van der Waals surface area contributed by atoms with Crippen molar-refractivity contribution in [2.24, 2.45) is 5.10 Å². The van der Waals surface area contributed by atoms with E-state index in [9.17, 15) is 4.79 Å². The van der Waals surface area contributed by atoms with Gasteiger partial charge in [-0.05, 0) is 35.9 Å². The number of rotatable bonds is 3. The summed E-state index contributed by atoms with van der Waals surface area (Å²) in [4.78, 5) is 15.0. The van der Waals surface area contributed by atoms with Crippen molar-refractivity contribution >= 4 is 11.8 Å². The van der Waals surface area contributed by atoms with E-state index in [-0.39, 0.29) is 5.69 Å². The van der Waals surface area contributed by atoms with Gasteiger partial charge in [0.15, 0.2) is 5.49 Å². The Hall–Kier alpha value is -3.28. The lowest BCUT2D eigenvalue weighted by Gasteiger charge is -2.12. The minimum Gasteiger partial charge on any atom is -0.497 e. The highest BCUT2D eigenvalue weighted by atomic mass is 16.5. The van der Waals surface area contributed by atoms with Gasteiger partial charge in [-0.3, -0.25) is 4.57 Å². The Balaban J connectivity index is 1.78. The SMILES string of the molecule is COc1ccc(C=c2[nH]c(=O)n3c2=NN(c2ccccc2)C3)cc1. The van der Waals surface area contributed by atoms with Crippen LogP contribution in [-0.2, 0) is 6.67 Å². The second-order valence-electron chi connectivity index (χ2n) is 5.49. The summed E-state index contributed by atoms with van der Waals surface area (Å²) in [6.45, 7) is 0.408. The Morgan fingerprint density at radius 1 is 1.12 bits per heavy atom. The van der Waals surface area contributed by atoms with Gasteiger partial charge in [0.1, 0.15) is 12.4 Å². The molecular weight excluding hydrogens is 304 g/mol. The minimum atomic E-state index is -0.160. The molecule has 0 radical (unpaired) electrons. The summed E-state index contributed by atoms with van der Waals surface area (Å²) in [6, 6.07) is 17.4. The predicted octanol–water partition coefficient (Wildman–Crippen LogP) is 1.03. The number of H-pyrrole nitrogens is 1. The van der Waals surface area contributed by atoms with Crippen molar-refractivity contribution < 1.29 is 4.74 Å². The first-order chi connectivity index (χ1) is 11.7. The molecule has 3 aromatic rings. The number of nitrogens with one attached hydrogen (secondary N) is 1. The van der Waals surface area contributed by atoms with Crippen LogP contribution in [0.5, 0.6) is 5.75 Å². The number of aromatic amines is 1. The van der Waals surface area contributed by atoms with Crippen LogP contribution in [0.1, 0.15) is 5.56 Å². The molecule has 0 fully saturated rings. The number of benzene rings is 2. The first kappa shape index (κ1) is 14.3. The Labute approximate surface area is 137 Å². The molecule has 1 aliphatic rings. The smallest absolute Gasteiger partial charge is 0.329 e. The van der Waals surface area contributed by atoms with Gasteiger partial charge in [0.2, 0.25) is 0 Å². The number of aromatic nitrogens is 2. The van der Waals surface area contributed by atoms with Crippen molar-refractivity contribution in [2.45, 2.75) is 6.67 Å². The normalized spacial score (nSPS) is 13.7. The first-order valence-corrected chi connectivity index (χ1v) is 7.60. The van der Waals surface area contributed by atoms with Gasteiger partial charge in [0, 0.05) is 0 Å². The van der Waals surface area contributed by atoms with Crippen molar-refractivity contribution in [3.8, 4) is 5.75 Å². The van der Waals surface area contributed by atoms with Crippen LogP contribution in [0.4, 0.5) is 5.69 Å². The van der Waals surface area contributed by atoms with Gasteiger partial charge in [-0.2, -0.15) is 5.10 Å². The Morgan fingerprint density at radius 3 is 2.58 bits per heavy atom. The van der Waals surface area contributed by atoms with E-state index in [4.69, 9.17) is 4.74 Å². The summed E-state index contributed by atoms with van der Waals surface area (Å²) in [5.74, 6) is 0.794. The van der Waals surface area contributed by atoms with Gasteiger partial charge >= 0.3 is 5.69 Å². The number of para-hydroxylation sites is 1. The predicted molar refractivity (Wildman–Crippen MR) is 91.3 cm³/mol. The molecule has 120 valence electrons. The Morgan fingerprint density at radius 2 is 1.88 bits per heavy atom. The zero-order valence-electron chi connectivity index (χ0n) is 13.1. The van der Waals surface area contributed by atoms with Crippen LogP contribution in [-0.4, -0.2) is 16.7 Å². The van der Waals surface area contributed by atoms with E-state index >= 15 is 0 Å². The van der Waals surface area contributed by atoms with E-state index in [1.54, 1.807) is 11.7 Å². The van der Waals surface area contributed by atoms with Gasteiger partial charge in [0.25, 0.3) is 0 Å². The number of hydrogen-bond donors (Lipinski definition) is 1. The fourth-order valence-electron chi connectivity index (χ4n) is 2.71. The molecule has 24 heavy (non-hydrogen) atoms. The van der Waals surface area contributed by atoms with E-state index in [1.165, 1.54) is 0 Å². The number of hydrogen-bond acceptors (Lipinski definition) is 4. The number of imidazole rings is 1. The molecule has 0 saturated heterocycles. The third-order valence-corrected chi connectivity index (χ3v) is 3.96. The molecule has 6 nitrogen and oxygen atoms in total. The van der Waals surface area contributed by atoms with Crippen molar-refractivity contribution in [3.63, 3.8) is 0 Å². The average molecular weight is 320 g/mol. The van der Waals surface area contributed by atoms with Gasteiger partial charge in [-0.25, -0.2) is 9.80 Å². The van der Waals surface area contributed by atoms with E-state index in [0.29, 0.717) is 17.5 Å². The molecule has 0 spiro atoms. The first-order valence-electron chi connectivity index (χ1n) is 7.60. The standard InChI is InChI=1S/C18H16N4O2/c1-24-15-9-7-13(8-10-15)11-16-17-20-22(12-21(17)18(23)19-16)14-5-3-2-4-6-14/h2-11H,12H2,1H3,(H,19,23). The molecule has 1 N–H and O–H groups in total. The quantitative estimate of drug-likeness (QED) is 0.784. The van der Waals surface area contributed by atoms with Gasteiger partial charge in [-0.15, -0.1) is 0 Å². The minimum absolute atomic E-state index is 0.160. The lowest BCUT2D eigenvalue weighted by Crippen LogP contribution is -2.28. The van der Waals surface area contributed by atoms with E-state index < -0.39 is 0 Å². The van der Waals surface area contributed by atoms with Crippen LogP contribution in [0, 0.1) is 0 Å². The maximum absolute atomic E-state index is 12.2. The number of fused-ring (bicyclic) bond motifs is 1. The molecule has 4 rings (SSSR count). The van der Waals surface area contributed by atoms with Gasteiger partial charge < -0.3 is 9.72 Å². The molecule has 2 heterocycles. The van der Waals surface area contributed by atoms with Crippen LogP contribution in [0.3, 0.4) is 0 Å². The maximum Gasteiger partial charge on any atom is 0.329 e. The molecule has 0 bridgehead atoms. The van der Waals surface area contributed by atoms with E-state index in [2.05, 4.69) is 10.1 Å². The highest BCUT2D eigenvalue weighted by Gasteiger charge is 2.17. The third kappa shape index (κ3) is 2.48. The fraction of sp³-hybridized carbons (Fsp3) is 0.111. The van der Waals surface area contributed by atoms with Gasteiger partial charge in [0.05, 0.1) is 18.1 Å². The molecule has 0 aliphatic carbocycles. The average Bonchev–Trinajstić information content (AvgIpc) is 3.18. The van der Waals surface area contributed by atoms with E-state index in [0.717, 1.165) is 17.0 Å². The summed E-state index contributed by atoms with van der Waals surface area (Å²) < 4.78 is 6.79. The zero-order chi connectivity index (χ0) is 16.5. The molecule has 1 aliphatic heterocycles.